The molecule has 2 aromatic rings. The summed E-state index contributed by atoms with van der Waals surface area (Å²) in [7, 11) is 1.76. The Morgan fingerprint density at radius 1 is 1.06 bits per heavy atom. The number of rotatable bonds is 7. The SMILES string of the molecule is CNC(C)C(=O)NC(C(=O)N1CCC2NCC(Oc3ccc4ccccc4c3)=C21)C1CCCCC1. The largest absolute Gasteiger partial charge is 0.458 e. The average molecular weight is 477 g/mol. The van der Waals surface area contributed by atoms with Crippen LogP contribution in [0.25, 0.3) is 10.8 Å². The molecule has 0 bridgehead atoms. The van der Waals surface area contributed by atoms with Gasteiger partial charge in [-0.15, -0.1) is 0 Å². The molecular weight excluding hydrogens is 440 g/mol. The summed E-state index contributed by atoms with van der Waals surface area (Å²) in [5, 5.41) is 11.9. The normalized spacial score (nSPS) is 22.2. The number of ether oxygens (including phenoxy) is 1. The molecule has 2 fully saturated rings. The van der Waals surface area contributed by atoms with Crippen LogP contribution < -0.4 is 20.7 Å². The van der Waals surface area contributed by atoms with Gasteiger partial charge in [0.1, 0.15) is 17.6 Å². The fraction of sp³-hybridized carbons (Fsp3) is 0.500. The second-order valence-electron chi connectivity index (χ2n) is 10.0. The van der Waals surface area contributed by atoms with Gasteiger partial charge >= 0.3 is 0 Å². The molecule has 1 aliphatic carbocycles. The van der Waals surface area contributed by atoms with Crippen LogP contribution in [0.3, 0.4) is 0 Å². The topological polar surface area (TPSA) is 82.7 Å². The number of amides is 2. The van der Waals surface area contributed by atoms with Gasteiger partial charge in [0.15, 0.2) is 0 Å². The molecule has 7 nitrogen and oxygen atoms in total. The first kappa shape index (κ1) is 23.8. The van der Waals surface area contributed by atoms with E-state index in [0.29, 0.717) is 13.1 Å². The fourth-order valence-electron chi connectivity index (χ4n) is 5.67. The van der Waals surface area contributed by atoms with Crippen molar-refractivity contribution < 1.29 is 14.3 Å². The van der Waals surface area contributed by atoms with Crippen LogP contribution in [-0.2, 0) is 9.59 Å². The Labute approximate surface area is 207 Å². The smallest absolute Gasteiger partial charge is 0.249 e. The number of likely N-dealkylation sites (tertiary alicyclic amines) is 1. The minimum Gasteiger partial charge on any atom is -0.458 e. The van der Waals surface area contributed by atoms with Crippen molar-refractivity contribution in [1.29, 1.82) is 0 Å². The molecule has 0 spiro atoms. The van der Waals surface area contributed by atoms with E-state index in [0.717, 1.165) is 54.7 Å². The molecular formula is C28H36N4O3. The van der Waals surface area contributed by atoms with Crippen molar-refractivity contribution in [2.24, 2.45) is 5.92 Å². The molecule has 7 heteroatoms. The van der Waals surface area contributed by atoms with Crippen molar-refractivity contribution in [3.05, 3.63) is 53.9 Å². The molecule has 0 aromatic heterocycles. The van der Waals surface area contributed by atoms with E-state index in [9.17, 15) is 9.59 Å². The standard InChI is InChI=1S/C28H36N4O3/c1-18(29-2)27(33)31-25(20-9-4-3-5-10-20)28(34)32-15-14-23-26(32)24(17-30-23)35-22-13-12-19-8-6-7-11-21(19)16-22/h6-8,11-13,16,18,20,23,25,29-30H,3-5,9-10,14-15,17H2,1-2H3,(H,31,33). The van der Waals surface area contributed by atoms with Crippen LogP contribution in [0.5, 0.6) is 5.75 Å². The summed E-state index contributed by atoms with van der Waals surface area (Å²) in [4.78, 5) is 28.7. The molecule has 2 aliphatic heterocycles. The van der Waals surface area contributed by atoms with Gasteiger partial charge in [0.2, 0.25) is 11.8 Å². The third-order valence-electron chi connectivity index (χ3n) is 7.80. The highest BCUT2D eigenvalue weighted by atomic mass is 16.5. The third kappa shape index (κ3) is 4.93. The van der Waals surface area contributed by atoms with Crippen LogP contribution in [-0.4, -0.2) is 55.0 Å². The molecule has 3 unspecified atom stereocenters. The quantitative estimate of drug-likeness (QED) is 0.571. The molecule has 1 saturated carbocycles. The second kappa shape index (κ2) is 10.4. The molecule has 186 valence electrons. The van der Waals surface area contributed by atoms with Crippen LogP contribution in [0.1, 0.15) is 45.4 Å². The first-order chi connectivity index (χ1) is 17.0. The molecule has 2 aromatic carbocycles. The van der Waals surface area contributed by atoms with Crippen molar-refractivity contribution in [2.45, 2.75) is 63.6 Å². The maximum Gasteiger partial charge on any atom is 0.249 e. The Morgan fingerprint density at radius 3 is 2.60 bits per heavy atom. The number of hydrogen-bond acceptors (Lipinski definition) is 5. The number of carbonyl (C=O) groups is 2. The van der Waals surface area contributed by atoms with E-state index >= 15 is 0 Å². The Morgan fingerprint density at radius 2 is 1.83 bits per heavy atom. The van der Waals surface area contributed by atoms with Crippen LogP contribution >= 0.6 is 0 Å². The number of carbonyl (C=O) groups excluding carboxylic acids is 2. The van der Waals surface area contributed by atoms with Gasteiger partial charge in [-0.3, -0.25) is 9.59 Å². The lowest BCUT2D eigenvalue weighted by Gasteiger charge is -2.33. The molecule has 2 amide bonds. The van der Waals surface area contributed by atoms with Crippen molar-refractivity contribution >= 4 is 22.6 Å². The monoisotopic (exact) mass is 476 g/mol. The number of likely N-dealkylation sites (N-methyl/N-ethyl adjacent to an activating group) is 1. The zero-order valence-electron chi connectivity index (χ0n) is 20.7. The van der Waals surface area contributed by atoms with Gasteiger partial charge in [0.05, 0.1) is 24.3 Å². The number of benzene rings is 2. The van der Waals surface area contributed by atoms with Gasteiger partial charge in [-0.25, -0.2) is 0 Å². The highest BCUT2D eigenvalue weighted by molar-refractivity contribution is 5.91. The highest BCUT2D eigenvalue weighted by Gasteiger charge is 2.43. The van der Waals surface area contributed by atoms with E-state index in [1.165, 1.54) is 11.8 Å². The lowest BCUT2D eigenvalue weighted by molar-refractivity contribution is -0.136. The first-order valence-electron chi connectivity index (χ1n) is 13.0. The van der Waals surface area contributed by atoms with E-state index in [1.807, 2.05) is 36.1 Å². The van der Waals surface area contributed by atoms with E-state index in [1.54, 1.807) is 7.05 Å². The summed E-state index contributed by atoms with van der Waals surface area (Å²) in [6.45, 7) is 3.05. The Hall–Kier alpha value is -2.90. The predicted octanol–water partition coefficient (Wildman–Crippen LogP) is 3.31. The Balaban J connectivity index is 1.40. The number of nitrogens with zero attached hydrogens (tertiary/aromatic N) is 1. The van der Waals surface area contributed by atoms with Crippen molar-refractivity contribution in [2.75, 3.05) is 20.1 Å². The molecule has 1 saturated heterocycles. The average Bonchev–Trinajstić information content (AvgIpc) is 3.49. The molecule has 3 atom stereocenters. The van der Waals surface area contributed by atoms with E-state index in [-0.39, 0.29) is 29.8 Å². The summed E-state index contributed by atoms with van der Waals surface area (Å²) >= 11 is 0. The van der Waals surface area contributed by atoms with Crippen LogP contribution in [0, 0.1) is 5.92 Å². The van der Waals surface area contributed by atoms with Crippen molar-refractivity contribution in [1.82, 2.24) is 20.9 Å². The van der Waals surface area contributed by atoms with Crippen LogP contribution in [0.4, 0.5) is 0 Å². The molecule has 3 N–H and O–H groups in total. The van der Waals surface area contributed by atoms with Crippen LogP contribution in [0.2, 0.25) is 0 Å². The van der Waals surface area contributed by atoms with Gasteiger partial charge in [0, 0.05) is 6.54 Å². The summed E-state index contributed by atoms with van der Waals surface area (Å²) in [5.74, 6) is 1.61. The molecule has 3 aliphatic rings. The van der Waals surface area contributed by atoms with Gasteiger partial charge in [-0.1, -0.05) is 49.6 Å². The van der Waals surface area contributed by atoms with Gasteiger partial charge in [-0.05, 0) is 62.1 Å². The minimum atomic E-state index is -0.507. The zero-order chi connectivity index (χ0) is 24.4. The highest BCUT2D eigenvalue weighted by Crippen LogP contribution is 2.34. The maximum absolute atomic E-state index is 14.0. The number of nitrogens with one attached hydrogen (secondary N) is 3. The first-order valence-corrected chi connectivity index (χ1v) is 13.0. The van der Waals surface area contributed by atoms with Gasteiger partial charge in [0.25, 0.3) is 0 Å². The van der Waals surface area contributed by atoms with Gasteiger partial charge in [-0.2, -0.15) is 0 Å². The fourth-order valence-corrected chi connectivity index (χ4v) is 5.67. The third-order valence-corrected chi connectivity index (χ3v) is 7.80. The lowest BCUT2D eigenvalue weighted by Crippen LogP contribution is -2.55. The molecule has 5 rings (SSSR count). The number of hydrogen-bond donors (Lipinski definition) is 3. The van der Waals surface area contributed by atoms with Crippen molar-refractivity contribution in [3.63, 3.8) is 0 Å². The summed E-state index contributed by atoms with van der Waals surface area (Å²) in [6, 6.07) is 13.5. The summed E-state index contributed by atoms with van der Waals surface area (Å²) < 4.78 is 6.37. The van der Waals surface area contributed by atoms with Crippen molar-refractivity contribution in [3.8, 4) is 5.75 Å². The number of fused-ring (bicyclic) bond motifs is 2. The van der Waals surface area contributed by atoms with E-state index in [4.69, 9.17) is 4.74 Å². The zero-order valence-corrected chi connectivity index (χ0v) is 20.7. The Bertz CT molecular complexity index is 1120. The summed E-state index contributed by atoms with van der Waals surface area (Å²) in [6.07, 6.45) is 6.20. The minimum absolute atomic E-state index is 0.00522. The van der Waals surface area contributed by atoms with E-state index in [2.05, 4.69) is 34.1 Å². The van der Waals surface area contributed by atoms with E-state index < -0.39 is 6.04 Å². The summed E-state index contributed by atoms with van der Waals surface area (Å²) in [5.41, 5.74) is 0.930. The predicted molar refractivity (Wildman–Crippen MR) is 137 cm³/mol. The molecule has 2 heterocycles. The molecule has 0 radical (unpaired) electrons. The second-order valence-corrected chi connectivity index (χ2v) is 10.0. The maximum atomic E-state index is 14.0. The van der Waals surface area contributed by atoms with Gasteiger partial charge < -0.3 is 25.6 Å². The Kier molecular flexibility index (Phi) is 7.07. The molecule has 35 heavy (non-hydrogen) atoms. The van der Waals surface area contributed by atoms with Crippen LogP contribution in [0.15, 0.2) is 53.9 Å². The lowest BCUT2D eigenvalue weighted by atomic mass is 9.83.